The molecule has 0 spiro atoms. The third kappa shape index (κ3) is 2.77. The van der Waals surface area contributed by atoms with Gasteiger partial charge in [-0.25, -0.2) is 12.8 Å². The van der Waals surface area contributed by atoms with Crippen LogP contribution in [0.5, 0.6) is 0 Å². The highest BCUT2D eigenvalue weighted by Crippen LogP contribution is 2.28. The Labute approximate surface area is 135 Å². The zero-order valence-electron chi connectivity index (χ0n) is 10.9. The van der Waals surface area contributed by atoms with Crippen LogP contribution in [0.1, 0.15) is 0 Å². The lowest BCUT2D eigenvalue weighted by Gasteiger charge is -2.08. The molecule has 0 radical (unpaired) electrons. The first-order valence-corrected chi connectivity index (χ1v) is 8.35. The van der Waals surface area contributed by atoms with Gasteiger partial charge < -0.3 is 4.98 Å². The fourth-order valence-electron chi connectivity index (χ4n) is 2.07. The van der Waals surface area contributed by atoms with Crippen LogP contribution in [0.2, 0.25) is 10.0 Å². The summed E-state index contributed by atoms with van der Waals surface area (Å²) in [4.78, 5) is 2.82. The van der Waals surface area contributed by atoms with Crippen molar-refractivity contribution in [3.8, 4) is 0 Å². The fourth-order valence-corrected chi connectivity index (χ4v) is 3.65. The molecule has 22 heavy (non-hydrogen) atoms. The Morgan fingerprint density at radius 1 is 1.05 bits per heavy atom. The van der Waals surface area contributed by atoms with Gasteiger partial charge in [0.15, 0.2) is 0 Å². The second-order valence-corrected chi connectivity index (χ2v) is 7.10. The van der Waals surface area contributed by atoms with Crippen LogP contribution in [0, 0.1) is 5.82 Å². The van der Waals surface area contributed by atoms with Gasteiger partial charge >= 0.3 is 0 Å². The van der Waals surface area contributed by atoms with Gasteiger partial charge in [0.25, 0.3) is 10.0 Å². The Hall–Kier alpha value is -1.76. The van der Waals surface area contributed by atoms with Gasteiger partial charge in [0.1, 0.15) is 10.7 Å². The third-order valence-electron chi connectivity index (χ3n) is 3.07. The van der Waals surface area contributed by atoms with Crippen LogP contribution in [0.3, 0.4) is 0 Å². The van der Waals surface area contributed by atoms with Gasteiger partial charge in [0.2, 0.25) is 0 Å². The molecule has 0 bridgehead atoms. The molecule has 3 aromatic rings. The van der Waals surface area contributed by atoms with Crippen LogP contribution in [-0.4, -0.2) is 13.4 Å². The number of benzene rings is 2. The van der Waals surface area contributed by atoms with Gasteiger partial charge in [-0.3, -0.25) is 4.72 Å². The lowest BCUT2D eigenvalue weighted by atomic mass is 10.2. The second kappa shape index (κ2) is 5.46. The monoisotopic (exact) mass is 358 g/mol. The van der Waals surface area contributed by atoms with Crippen molar-refractivity contribution in [3.05, 3.63) is 58.5 Å². The Morgan fingerprint density at radius 3 is 2.50 bits per heavy atom. The first-order valence-electron chi connectivity index (χ1n) is 6.11. The Bertz CT molecular complexity index is 970. The van der Waals surface area contributed by atoms with Crippen LogP contribution in [0.15, 0.2) is 47.5 Å². The van der Waals surface area contributed by atoms with E-state index in [9.17, 15) is 12.8 Å². The van der Waals surface area contributed by atoms with E-state index < -0.39 is 15.8 Å². The zero-order valence-corrected chi connectivity index (χ0v) is 13.2. The van der Waals surface area contributed by atoms with Crippen molar-refractivity contribution in [3.63, 3.8) is 0 Å². The SMILES string of the molecule is O=S(=O)(Nc1cc(Cl)ccc1F)c1c[nH]c2cc(Cl)ccc12. The summed E-state index contributed by atoms with van der Waals surface area (Å²) in [5.74, 6) is -0.712. The summed E-state index contributed by atoms with van der Waals surface area (Å²) in [6, 6.07) is 8.40. The van der Waals surface area contributed by atoms with E-state index in [4.69, 9.17) is 23.2 Å². The number of halogens is 3. The molecule has 4 nitrogen and oxygen atoms in total. The van der Waals surface area contributed by atoms with Gasteiger partial charge in [-0.2, -0.15) is 0 Å². The van der Waals surface area contributed by atoms with E-state index in [0.717, 1.165) is 6.07 Å². The Morgan fingerprint density at radius 2 is 1.73 bits per heavy atom. The highest BCUT2D eigenvalue weighted by Gasteiger charge is 2.20. The molecular weight excluding hydrogens is 350 g/mol. The van der Waals surface area contributed by atoms with Crippen LogP contribution in [0.4, 0.5) is 10.1 Å². The number of aromatic nitrogens is 1. The molecular formula is C14H9Cl2FN2O2S. The highest BCUT2D eigenvalue weighted by molar-refractivity contribution is 7.93. The molecule has 0 fully saturated rings. The zero-order chi connectivity index (χ0) is 15.9. The molecule has 2 N–H and O–H groups in total. The fraction of sp³-hybridized carbons (Fsp3) is 0. The van der Waals surface area contributed by atoms with E-state index in [-0.39, 0.29) is 15.6 Å². The van der Waals surface area contributed by atoms with Crippen molar-refractivity contribution < 1.29 is 12.8 Å². The third-order valence-corrected chi connectivity index (χ3v) is 4.94. The summed E-state index contributed by atoms with van der Waals surface area (Å²) in [6.07, 6.45) is 1.33. The number of aromatic amines is 1. The van der Waals surface area contributed by atoms with E-state index in [2.05, 4.69) is 9.71 Å². The maximum Gasteiger partial charge on any atom is 0.264 e. The topological polar surface area (TPSA) is 62.0 Å². The van der Waals surface area contributed by atoms with E-state index in [0.29, 0.717) is 15.9 Å². The molecule has 0 saturated heterocycles. The molecule has 0 amide bonds. The summed E-state index contributed by atoms with van der Waals surface area (Å²) < 4.78 is 40.8. The van der Waals surface area contributed by atoms with Crippen molar-refractivity contribution in [1.82, 2.24) is 4.98 Å². The number of fused-ring (bicyclic) bond motifs is 1. The number of hydrogen-bond acceptors (Lipinski definition) is 2. The first kappa shape index (κ1) is 15.1. The van der Waals surface area contributed by atoms with Crippen LogP contribution in [0.25, 0.3) is 10.9 Å². The summed E-state index contributed by atoms with van der Waals surface area (Å²) >= 11 is 11.6. The van der Waals surface area contributed by atoms with Crippen LogP contribution >= 0.6 is 23.2 Å². The number of rotatable bonds is 3. The summed E-state index contributed by atoms with van der Waals surface area (Å²) in [5.41, 5.74) is 0.357. The van der Waals surface area contributed by atoms with E-state index >= 15 is 0 Å². The number of H-pyrrole nitrogens is 1. The number of hydrogen-bond donors (Lipinski definition) is 2. The number of nitrogens with one attached hydrogen (secondary N) is 2. The molecule has 0 aliphatic rings. The summed E-state index contributed by atoms with van der Waals surface area (Å²) in [6.45, 7) is 0. The lowest BCUT2D eigenvalue weighted by Crippen LogP contribution is -2.13. The molecule has 8 heteroatoms. The molecule has 0 saturated carbocycles. The van der Waals surface area contributed by atoms with Crippen LogP contribution < -0.4 is 4.72 Å². The Balaban J connectivity index is 2.07. The molecule has 2 aromatic carbocycles. The molecule has 1 aromatic heterocycles. The van der Waals surface area contributed by atoms with E-state index in [1.165, 1.54) is 18.3 Å². The summed E-state index contributed by atoms with van der Waals surface area (Å²) in [5, 5.41) is 1.16. The number of anilines is 1. The minimum atomic E-state index is -3.97. The van der Waals surface area contributed by atoms with Crippen molar-refractivity contribution >= 4 is 49.8 Å². The van der Waals surface area contributed by atoms with Gasteiger partial charge in [-0.15, -0.1) is 0 Å². The van der Waals surface area contributed by atoms with Crippen molar-refractivity contribution in [2.45, 2.75) is 4.90 Å². The van der Waals surface area contributed by atoms with Gasteiger partial charge in [0.05, 0.1) is 5.69 Å². The van der Waals surface area contributed by atoms with Crippen molar-refractivity contribution in [2.75, 3.05) is 4.72 Å². The molecule has 0 aliphatic carbocycles. The van der Waals surface area contributed by atoms with Crippen molar-refractivity contribution in [2.24, 2.45) is 0 Å². The number of sulfonamides is 1. The molecule has 3 rings (SSSR count). The molecule has 114 valence electrons. The van der Waals surface area contributed by atoms with Crippen molar-refractivity contribution in [1.29, 1.82) is 0 Å². The molecule has 1 heterocycles. The normalized spacial score (nSPS) is 11.8. The Kier molecular flexibility index (Phi) is 3.76. The summed E-state index contributed by atoms with van der Waals surface area (Å²) in [7, 11) is -3.97. The minimum absolute atomic E-state index is 0.00135. The molecule has 0 aliphatic heterocycles. The van der Waals surface area contributed by atoms with Gasteiger partial charge in [0, 0.05) is 27.1 Å². The minimum Gasteiger partial charge on any atom is -0.360 e. The standard InChI is InChI=1S/C14H9Cl2FN2O2S/c15-8-1-3-10-12(5-8)18-7-14(10)22(20,21)19-13-6-9(16)2-4-11(13)17/h1-7,18-19H. The quantitative estimate of drug-likeness (QED) is 0.728. The molecule has 0 atom stereocenters. The average molecular weight is 359 g/mol. The smallest absolute Gasteiger partial charge is 0.264 e. The first-order chi connectivity index (χ1) is 10.4. The van der Waals surface area contributed by atoms with Gasteiger partial charge in [-0.05, 0) is 36.4 Å². The largest absolute Gasteiger partial charge is 0.360 e. The van der Waals surface area contributed by atoms with Crippen LogP contribution in [-0.2, 0) is 10.0 Å². The predicted molar refractivity (Wildman–Crippen MR) is 85.5 cm³/mol. The second-order valence-electron chi connectivity index (χ2n) is 4.57. The van der Waals surface area contributed by atoms with E-state index in [1.807, 2.05) is 0 Å². The maximum atomic E-state index is 13.7. The predicted octanol–water partition coefficient (Wildman–Crippen LogP) is 4.41. The van der Waals surface area contributed by atoms with E-state index in [1.54, 1.807) is 18.2 Å². The average Bonchev–Trinajstić information content (AvgIpc) is 2.86. The van der Waals surface area contributed by atoms with Gasteiger partial charge in [-0.1, -0.05) is 23.2 Å². The lowest BCUT2D eigenvalue weighted by molar-refractivity contribution is 0.599. The highest BCUT2D eigenvalue weighted by atomic mass is 35.5. The maximum absolute atomic E-state index is 13.7. The molecule has 0 unspecified atom stereocenters.